The second-order valence-corrected chi connectivity index (χ2v) is 5.12. The highest BCUT2D eigenvalue weighted by atomic mass is 79.9. The zero-order valence-corrected chi connectivity index (χ0v) is 12.1. The summed E-state index contributed by atoms with van der Waals surface area (Å²) in [6, 6.07) is 5.42. The molecule has 2 aromatic rings. The second kappa shape index (κ2) is 5.12. The Labute approximate surface area is 114 Å². The number of ether oxygens (including phenoxy) is 1. The first-order valence-corrected chi connectivity index (χ1v) is 6.26. The fourth-order valence-corrected chi connectivity index (χ4v) is 2.16. The van der Waals surface area contributed by atoms with Crippen LogP contribution in [0.2, 0.25) is 0 Å². The molecule has 0 amide bonds. The van der Waals surface area contributed by atoms with E-state index >= 15 is 0 Å². The van der Waals surface area contributed by atoms with Crippen molar-refractivity contribution in [2.24, 2.45) is 0 Å². The number of carbonyl (C=O) groups is 1. The Balaban J connectivity index is 2.49. The van der Waals surface area contributed by atoms with Crippen molar-refractivity contribution in [1.29, 1.82) is 0 Å². The van der Waals surface area contributed by atoms with Gasteiger partial charge in [-0.2, -0.15) is 0 Å². The van der Waals surface area contributed by atoms with Gasteiger partial charge in [-0.3, -0.25) is 4.79 Å². The number of methoxy groups -OCH3 is 1. The number of ketones is 1. The summed E-state index contributed by atoms with van der Waals surface area (Å²) in [5, 5.41) is 0.844. The molecule has 0 aliphatic rings. The fourth-order valence-electron chi connectivity index (χ4n) is 1.73. The molecule has 0 aliphatic carbocycles. The molecule has 0 radical (unpaired) electrons. The third kappa shape index (κ3) is 2.42. The highest BCUT2D eigenvalue weighted by Crippen LogP contribution is 2.34. The van der Waals surface area contributed by atoms with Crippen molar-refractivity contribution in [2.75, 3.05) is 27.7 Å². The van der Waals surface area contributed by atoms with Crippen LogP contribution < -0.4 is 4.74 Å². The predicted octanol–water partition coefficient (Wildman–Crippen LogP) is 2.95. The molecule has 5 heteroatoms. The topological polar surface area (TPSA) is 42.7 Å². The SMILES string of the molecule is COc1ccc(Br)c2cc(C(=O)CN(C)C)oc12. The summed E-state index contributed by atoms with van der Waals surface area (Å²) in [4.78, 5) is 13.8. The lowest BCUT2D eigenvalue weighted by Crippen LogP contribution is -2.21. The van der Waals surface area contributed by atoms with Gasteiger partial charge in [0.05, 0.1) is 13.7 Å². The Hall–Kier alpha value is -1.33. The van der Waals surface area contributed by atoms with Crippen LogP contribution in [0, 0.1) is 0 Å². The third-order valence-corrected chi connectivity index (χ3v) is 3.24. The molecular weight excluding hydrogens is 298 g/mol. The largest absolute Gasteiger partial charge is 0.493 e. The average molecular weight is 312 g/mol. The molecule has 0 aliphatic heterocycles. The van der Waals surface area contributed by atoms with E-state index < -0.39 is 0 Å². The molecule has 1 aromatic heterocycles. The summed E-state index contributed by atoms with van der Waals surface area (Å²) in [6.07, 6.45) is 0. The van der Waals surface area contributed by atoms with Crippen molar-refractivity contribution < 1.29 is 13.9 Å². The Morgan fingerprint density at radius 1 is 1.44 bits per heavy atom. The molecule has 0 atom stereocenters. The third-order valence-electron chi connectivity index (χ3n) is 2.55. The van der Waals surface area contributed by atoms with E-state index in [4.69, 9.17) is 9.15 Å². The number of fused-ring (bicyclic) bond motifs is 1. The zero-order chi connectivity index (χ0) is 13.3. The van der Waals surface area contributed by atoms with Crippen molar-refractivity contribution >= 4 is 32.7 Å². The van der Waals surface area contributed by atoms with E-state index in [1.54, 1.807) is 19.2 Å². The lowest BCUT2D eigenvalue weighted by Gasteiger charge is -2.05. The molecular formula is C13H14BrNO3. The van der Waals surface area contributed by atoms with Gasteiger partial charge in [0.25, 0.3) is 0 Å². The number of nitrogens with zero attached hydrogens (tertiary/aromatic N) is 1. The van der Waals surface area contributed by atoms with E-state index in [9.17, 15) is 4.79 Å². The normalized spacial score (nSPS) is 11.2. The smallest absolute Gasteiger partial charge is 0.211 e. The van der Waals surface area contributed by atoms with Gasteiger partial charge in [0.15, 0.2) is 17.1 Å². The average Bonchev–Trinajstić information content (AvgIpc) is 2.74. The van der Waals surface area contributed by atoms with Crippen LogP contribution in [0.5, 0.6) is 5.75 Å². The van der Waals surface area contributed by atoms with Gasteiger partial charge in [-0.1, -0.05) is 15.9 Å². The minimum atomic E-state index is -0.0508. The second-order valence-electron chi connectivity index (χ2n) is 4.26. The molecule has 0 saturated heterocycles. The van der Waals surface area contributed by atoms with Gasteiger partial charge in [-0.25, -0.2) is 0 Å². The predicted molar refractivity (Wildman–Crippen MR) is 73.4 cm³/mol. The van der Waals surface area contributed by atoms with E-state index in [-0.39, 0.29) is 5.78 Å². The summed E-state index contributed by atoms with van der Waals surface area (Å²) >= 11 is 3.44. The molecule has 96 valence electrons. The van der Waals surface area contributed by atoms with Gasteiger partial charge in [0.1, 0.15) is 0 Å². The van der Waals surface area contributed by atoms with Crippen LogP contribution in [0.3, 0.4) is 0 Å². The van der Waals surface area contributed by atoms with Crippen LogP contribution in [0.15, 0.2) is 27.1 Å². The molecule has 0 saturated carbocycles. The van der Waals surface area contributed by atoms with Crippen molar-refractivity contribution in [3.8, 4) is 5.75 Å². The molecule has 1 heterocycles. The Morgan fingerprint density at radius 2 is 2.17 bits per heavy atom. The number of rotatable bonds is 4. The summed E-state index contributed by atoms with van der Waals surface area (Å²) in [6.45, 7) is 0.319. The number of hydrogen-bond donors (Lipinski definition) is 0. The van der Waals surface area contributed by atoms with Crippen molar-refractivity contribution in [3.05, 3.63) is 28.4 Å². The molecule has 18 heavy (non-hydrogen) atoms. The molecule has 2 rings (SSSR count). The number of hydrogen-bond acceptors (Lipinski definition) is 4. The van der Waals surface area contributed by atoms with Crippen LogP contribution in [-0.4, -0.2) is 38.4 Å². The maximum atomic E-state index is 11.9. The number of halogens is 1. The first-order valence-electron chi connectivity index (χ1n) is 5.47. The van der Waals surface area contributed by atoms with Crippen molar-refractivity contribution in [1.82, 2.24) is 4.90 Å². The Kier molecular flexibility index (Phi) is 3.73. The van der Waals surface area contributed by atoms with Crippen LogP contribution in [0.4, 0.5) is 0 Å². The summed E-state index contributed by atoms with van der Waals surface area (Å²) in [5.74, 6) is 0.922. The molecule has 0 fully saturated rings. The van der Waals surface area contributed by atoms with Gasteiger partial charge >= 0.3 is 0 Å². The molecule has 0 spiro atoms. The van der Waals surface area contributed by atoms with Gasteiger partial charge < -0.3 is 14.1 Å². The summed E-state index contributed by atoms with van der Waals surface area (Å²) in [7, 11) is 5.26. The van der Waals surface area contributed by atoms with E-state index in [2.05, 4.69) is 15.9 Å². The van der Waals surface area contributed by atoms with Gasteiger partial charge in [-0.05, 0) is 32.3 Å². The van der Waals surface area contributed by atoms with Gasteiger partial charge in [0, 0.05) is 9.86 Å². The van der Waals surface area contributed by atoms with Gasteiger partial charge in [0.2, 0.25) is 5.78 Å². The standard InChI is InChI=1S/C13H14BrNO3/c1-15(2)7-10(16)12-6-8-9(14)4-5-11(17-3)13(8)18-12/h4-6H,7H2,1-3H3. The highest BCUT2D eigenvalue weighted by Gasteiger charge is 2.17. The van der Waals surface area contributed by atoms with Crippen LogP contribution in [0.1, 0.15) is 10.6 Å². The maximum Gasteiger partial charge on any atom is 0.211 e. The van der Waals surface area contributed by atoms with E-state index in [1.165, 1.54) is 0 Å². The van der Waals surface area contributed by atoms with Crippen LogP contribution in [0.25, 0.3) is 11.0 Å². The number of Topliss-reactive ketones (excluding diaryl/α,β-unsaturated/α-hetero) is 1. The zero-order valence-electron chi connectivity index (χ0n) is 10.5. The van der Waals surface area contributed by atoms with E-state index in [1.807, 2.05) is 25.1 Å². The number of furan rings is 1. The van der Waals surface area contributed by atoms with Crippen LogP contribution in [-0.2, 0) is 0 Å². The molecule has 0 bridgehead atoms. The maximum absolute atomic E-state index is 11.9. The first kappa shape index (κ1) is 13.1. The Morgan fingerprint density at radius 3 is 2.78 bits per heavy atom. The minimum Gasteiger partial charge on any atom is -0.493 e. The number of carbonyl (C=O) groups excluding carboxylic acids is 1. The number of likely N-dealkylation sites (N-methyl/N-ethyl adjacent to an activating group) is 1. The van der Waals surface area contributed by atoms with Crippen molar-refractivity contribution in [2.45, 2.75) is 0 Å². The highest BCUT2D eigenvalue weighted by molar-refractivity contribution is 9.10. The fraction of sp³-hybridized carbons (Fsp3) is 0.308. The van der Waals surface area contributed by atoms with E-state index in [0.29, 0.717) is 23.6 Å². The lowest BCUT2D eigenvalue weighted by molar-refractivity contribution is 0.0932. The molecule has 4 nitrogen and oxygen atoms in total. The van der Waals surface area contributed by atoms with Gasteiger partial charge in [-0.15, -0.1) is 0 Å². The first-order chi connectivity index (χ1) is 8.52. The van der Waals surface area contributed by atoms with Crippen LogP contribution >= 0.6 is 15.9 Å². The number of benzene rings is 1. The quantitative estimate of drug-likeness (QED) is 0.814. The molecule has 0 unspecified atom stereocenters. The summed E-state index contributed by atoms with van der Waals surface area (Å²) in [5.41, 5.74) is 0.592. The van der Waals surface area contributed by atoms with E-state index in [0.717, 1.165) is 9.86 Å². The molecule has 0 N–H and O–H groups in total. The Bertz CT molecular complexity index is 589. The minimum absolute atomic E-state index is 0.0508. The van der Waals surface area contributed by atoms with Crippen molar-refractivity contribution in [3.63, 3.8) is 0 Å². The monoisotopic (exact) mass is 311 g/mol. The molecule has 1 aromatic carbocycles. The lowest BCUT2D eigenvalue weighted by atomic mass is 10.2. The summed E-state index contributed by atoms with van der Waals surface area (Å²) < 4.78 is 11.7.